The Balaban J connectivity index is 3.05. The van der Waals surface area contributed by atoms with E-state index in [4.69, 9.17) is 5.11 Å². The summed E-state index contributed by atoms with van der Waals surface area (Å²) in [5.41, 5.74) is 0. The van der Waals surface area contributed by atoms with Gasteiger partial charge < -0.3 is 5.11 Å². The average molecular weight is 138 g/mol. The van der Waals surface area contributed by atoms with Crippen molar-refractivity contribution in [1.82, 2.24) is 0 Å². The molecule has 1 N–H and O–H groups in total. The molecule has 0 aliphatic heterocycles. The summed E-state index contributed by atoms with van der Waals surface area (Å²) >= 11 is 0. The first-order valence-electron chi connectivity index (χ1n) is 2.39. The highest BCUT2D eigenvalue weighted by Gasteiger charge is 2.04. The molecule has 0 heterocycles. The van der Waals surface area contributed by atoms with Crippen molar-refractivity contribution in [3.63, 3.8) is 0 Å². The van der Waals surface area contributed by atoms with Gasteiger partial charge in [0.05, 0.1) is 18.9 Å². The van der Waals surface area contributed by atoms with E-state index in [-0.39, 0.29) is 10.9 Å². The summed E-state index contributed by atoms with van der Waals surface area (Å²) in [7, 11) is 0.283. The molecule has 0 saturated heterocycles. The summed E-state index contributed by atoms with van der Waals surface area (Å²) in [5.74, 6) is 0.126. The second-order valence-electron chi connectivity index (χ2n) is 1.83. The van der Waals surface area contributed by atoms with Crippen molar-refractivity contribution in [1.29, 1.82) is 0 Å². The van der Waals surface area contributed by atoms with E-state index in [2.05, 4.69) is 0 Å². The van der Waals surface area contributed by atoms with Crippen molar-refractivity contribution in [2.45, 2.75) is 6.42 Å². The zero-order chi connectivity index (χ0) is 6.57. The summed E-state index contributed by atoms with van der Waals surface area (Å²) < 4.78 is 0. The Morgan fingerprint density at radius 2 is 2.12 bits per heavy atom. The first-order chi connectivity index (χ1) is 3.63. The van der Waals surface area contributed by atoms with Gasteiger partial charge in [0.1, 0.15) is 5.75 Å². The van der Waals surface area contributed by atoms with Gasteiger partial charge in [-0.3, -0.25) is 4.79 Å². The van der Waals surface area contributed by atoms with E-state index < -0.39 is 5.97 Å². The van der Waals surface area contributed by atoms with Crippen molar-refractivity contribution in [3.05, 3.63) is 0 Å². The van der Waals surface area contributed by atoms with Crippen LogP contribution in [0.5, 0.6) is 0 Å². The van der Waals surface area contributed by atoms with Gasteiger partial charge in [-0.2, -0.15) is 0 Å². The molecule has 0 amide bonds. The van der Waals surface area contributed by atoms with E-state index in [1.54, 1.807) is 0 Å². The van der Waals surface area contributed by atoms with Crippen LogP contribution in [0, 0.1) is 0 Å². The molecule has 0 aromatic heterocycles. The largest absolute Gasteiger partial charge is 0.481 e. The fraction of sp³-hybridized carbons (Fsp3) is 0.800. The van der Waals surface area contributed by atoms with Crippen LogP contribution in [0.2, 0.25) is 0 Å². The summed E-state index contributed by atoms with van der Waals surface area (Å²) in [6, 6.07) is 0. The standard InChI is InChI=1S/C5H10O2S/c1-8(2)4-3-5(6)7/h3-4H2,1-2H3/p+1/i1+1,2+1,4+1. The second-order valence-corrected chi connectivity index (χ2v) is 4.21. The smallest absolute Gasteiger partial charge is 0.308 e. The van der Waals surface area contributed by atoms with Gasteiger partial charge >= 0.3 is 5.97 Å². The first-order valence-corrected chi connectivity index (χ1v) is 4.60. The molecule has 0 saturated carbocycles. The van der Waals surface area contributed by atoms with Gasteiger partial charge in [-0.05, 0) is 10.9 Å². The molecule has 0 spiro atoms. The van der Waals surface area contributed by atoms with E-state index in [1.807, 2.05) is 12.5 Å². The molecule has 0 fully saturated rings. The van der Waals surface area contributed by atoms with Gasteiger partial charge in [-0.25, -0.2) is 0 Å². The molecule has 8 heavy (non-hydrogen) atoms. The molecule has 3 heteroatoms. The van der Waals surface area contributed by atoms with Gasteiger partial charge in [0.25, 0.3) is 0 Å². The number of aliphatic carboxylic acids is 1. The maximum atomic E-state index is 9.91. The average Bonchev–Trinajstić information content (AvgIpc) is 1.61. The van der Waals surface area contributed by atoms with Gasteiger partial charge in [0.15, 0.2) is 0 Å². The second kappa shape index (κ2) is 3.78. The van der Waals surface area contributed by atoms with E-state index in [9.17, 15) is 4.79 Å². The van der Waals surface area contributed by atoms with Crippen molar-refractivity contribution < 1.29 is 9.90 Å². The lowest BCUT2D eigenvalue weighted by molar-refractivity contribution is -0.136. The molecule has 0 unspecified atom stereocenters. The molecule has 2 nitrogen and oxygen atoms in total. The lowest BCUT2D eigenvalue weighted by Crippen LogP contribution is -2.07. The summed E-state index contributed by atoms with van der Waals surface area (Å²) in [6.07, 6.45) is 4.40. The van der Waals surface area contributed by atoms with Gasteiger partial charge in [-0.15, -0.1) is 0 Å². The van der Waals surface area contributed by atoms with Crippen LogP contribution in [0.3, 0.4) is 0 Å². The predicted octanol–water partition coefficient (Wildman–Crippen LogP) is 0.339. The molecule has 0 aliphatic carbocycles. The van der Waals surface area contributed by atoms with Crippen LogP contribution in [-0.2, 0) is 15.7 Å². The Bertz CT molecular complexity index is 80.5. The highest BCUT2D eigenvalue weighted by molar-refractivity contribution is 7.95. The molecular formula is C5H11O2S+. The third-order valence-electron chi connectivity index (χ3n) is 0.724. The zero-order valence-electron chi connectivity index (χ0n) is 5.18. The fourth-order valence-electron chi connectivity index (χ4n) is 0.291. The summed E-state index contributed by atoms with van der Waals surface area (Å²) in [5, 5.41) is 8.17. The molecule has 48 valence electrons. The van der Waals surface area contributed by atoms with Crippen molar-refractivity contribution in [2.24, 2.45) is 0 Å². The lowest BCUT2D eigenvalue weighted by atomic mass is 10.7. The SMILES string of the molecule is [13CH3][S+]([13CH3])[13CH2]CC(=O)O. The van der Waals surface area contributed by atoms with E-state index in [0.717, 1.165) is 5.75 Å². The normalized spacial score (nSPS) is 9.88. The highest BCUT2D eigenvalue weighted by atomic mass is 32.2. The van der Waals surface area contributed by atoms with Crippen molar-refractivity contribution >= 4 is 16.9 Å². The number of hydrogen-bond donors (Lipinski definition) is 1. The van der Waals surface area contributed by atoms with E-state index in [1.165, 1.54) is 0 Å². The molecule has 0 atom stereocenters. The Labute approximate surface area is 52.2 Å². The number of carboxylic acids is 1. The van der Waals surface area contributed by atoms with Crippen LogP contribution in [0.25, 0.3) is 0 Å². The number of hydrogen-bond acceptors (Lipinski definition) is 1. The minimum atomic E-state index is -0.689. The van der Waals surface area contributed by atoms with Crippen LogP contribution in [-0.4, -0.2) is 29.3 Å². The molecule has 0 bridgehead atoms. The Morgan fingerprint density at radius 3 is 2.25 bits per heavy atom. The Morgan fingerprint density at radius 1 is 1.62 bits per heavy atom. The van der Waals surface area contributed by atoms with Crippen molar-refractivity contribution in [3.8, 4) is 0 Å². The van der Waals surface area contributed by atoms with Gasteiger partial charge in [0, 0.05) is 0 Å². The van der Waals surface area contributed by atoms with Crippen LogP contribution in [0.1, 0.15) is 6.42 Å². The number of carboxylic acid groups (broad SMARTS) is 1. The number of carbonyl (C=O) groups is 1. The molecule has 0 aromatic rings. The predicted molar refractivity (Wildman–Crippen MR) is 36.3 cm³/mol. The summed E-state index contributed by atoms with van der Waals surface area (Å²) in [4.78, 5) is 9.91. The van der Waals surface area contributed by atoms with Crippen LogP contribution in [0.15, 0.2) is 0 Å². The quantitative estimate of drug-likeness (QED) is 0.451. The third-order valence-corrected chi connectivity index (χ3v) is 1.74. The maximum absolute atomic E-state index is 9.91. The van der Waals surface area contributed by atoms with Crippen molar-refractivity contribution in [2.75, 3.05) is 18.3 Å². The highest BCUT2D eigenvalue weighted by Crippen LogP contribution is 1.87. The van der Waals surface area contributed by atoms with E-state index in [0.29, 0.717) is 6.42 Å². The molecular weight excluding hydrogens is 127 g/mol. The third kappa shape index (κ3) is 5.82. The lowest BCUT2D eigenvalue weighted by Gasteiger charge is -1.90. The minimum Gasteiger partial charge on any atom is -0.481 e. The molecule has 0 aliphatic rings. The Kier molecular flexibility index (Phi) is 3.69. The van der Waals surface area contributed by atoms with Crippen LogP contribution < -0.4 is 0 Å². The maximum Gasteiger partial charge on any atom is 0.308 e. The monoisotopic (exact) mass is 138 g/mol. The fourth-order valence-corrected chi connectivity index (χ4v) is 0.874. The van der Waals surface area contributed by atoms with Crippen LogP contribution >= 0.6 is 0 Å². The zero-order valence-corrected chi connectivity index (χ0v) is 5.99. The van der Waals surface area contributed by atoms with E-state index >= 15 is 0 Å². The summed E-state index contributed by atoms with van der Waals surface area (Å²) in [6.45, 7) is 0. The molecule has 0 aromatic carbocycles. The molecule has 0 radical (unpaired) electrons. The minimum absolute atomic E-state index is 0.283. The van der Waals surface area contributed by atoms with Gasteiger partial charge in [0.2, 0.25) is 0 Å². The topological polar surface area (TPSA) is 37.3 Å². The first kappa shape index (κ1) is 7.82. The van der Waals surface area contributed by atoms with Gasteiger partial charge in [-0.1, -0.05) is 0 Å². The molecule has 0 rings (SSSR count). The van der Waals surface area contributed by atoms with Crippen LogP contribution in [0.4, 0.5) is 0 Å². The number of rotatable bonds is 3. The Hall–Kier alpha value is -0.180.